The minimum Gasteiger partial charge on any atom is -0.434 e. The second-order valence-corrected chi connectivity index (χ2v) is 11.0. The van der Waals surface area contributed by atoms with E-state index in [-0.39, 0.29) is 29.1 Å². The van der Waals surface area contributed by atoms with Gasteiger partial charge in [-0.15, -0.1) is 0 Å². The molecule has 4 aromatic rings. The first-order valence-electron chi connectivity index (χ1n) is 13.5. The zero-order chi connectivity index (χ0) is 27.8. The minimum absolute atomic E-state index is 0.0670. The number of imidazole rings is 1. The molecule has 4 bridgehead atoms. The van der Waals surface area contributed by atoms with E-state index in [9.17, 15) is 13.6 Å². The third-order valence-electron chi connectivity index (χ3n) is 8.68. The van der Waals surface area contributed by atoms with Gasteiger partial charge in [-0.25, -0.2) is 19.3 Å². The van der Waals surface area contributed by atoms with Crippen LogP contribution < -0.4 is 10.1 Å². The molecule has 2 saturated heterocycles. The molecule has 9 nitrogen and oxygen atoms in total. The van der Waals surface area contributed by atoms with Gasteiger partial charge in [0, 0.05) is 58.5 Å². The van der Waals surface area contributed by atoms with Crippen molar-refractivity contribution in [2.45, 2.75) is 31.0 Å². The fraction of sp³-hybridized carbons (Fsp3) is 0.379. The van der Waals surface area contributed by atoms with Crippen LogP contribution in [0, 0.1) is 17.7 Å². The summed E-state index contributed by atoms with van der Waals surface area (Å²) in [6.45, 7) is -0.667. The third kappa shape index (κ3) is 3.84. The van der Waals surface area contributed by atoms with Crippen LogP contribution in [-0.4, -0.2) is 58.5 Å². The van der Waals surface area contributed by atoms with E-state index >= 15 is 4.39 Å². The van der Waals surface area contributed by atoms with Gasteiger partial charge in [-0.1, -0.05) is 6.07 Å². The van der Waals surface area contributed by atoms with Crippen molar-refractivity contribution in [2.24, 2.45) is 11.8 Å². The number of aromatic nitrogens is 4. The van der Waals surface area contributed by atoms with Crippen LogP contribution in [0.3, 0.4) is 0 Å². The lowest BCUT2D eigenvalue weighted by Crippen LogP contribution is -2.44. The lowest BCUT2D eigenvalue weighted by Gasteiger charge is -2.41. The first-order valence-corrected chi connectivity index (χ1v) is 13.5. The van der Waals surface area contributed by atoms with E-state index in [0.29, 0.717) is 72.2 Å². The topological polar surface area (TPSA) is 100 Å². The van der Waals surface area contributed by atoms with Gasteiger partial charge in [0.1, 0.15) is 23.2 Å². The number of ether oxygens (including phenoxy) is 3. The first-order chi connectivity index (χ1) is 20.0. The average molecular weight is 564 g/mol. The molecule has 8 rings (SSSR count). The summed E-state index contributed by atoms with van der Waals surface area (Å²) in [6, 6.07) is 6.58. The van der Waals surface area contributed by atoms with E-state index in [1.165, 1.54) is 18.2 Å². The summed E-state index contributed by atoms with van der Waals surface area (Å²) in [6.07, 6.45) is 3.67. The van der Waals surface area contributed by atoms with Crippen molar-refractivity contribution < 1.29 is 32.2 Å². The Kier molecular flexibility index (Phi) is 5.58. The predicted octanol–water partition coefficient (Wildman–Crippen LogP) is 4.39. The quantitative estimate of drug-likeness (QED) is 0.393. The molecule has 2 aromatic heterocycles. The molecule has 12 heteroatoms. The smallest absolute Gasteiger partial charge is 0.387 e. The standard InChI is InChI=1S/C29H24F3N5O4/c30-18-5-19-21(4-17(18)13-7-33-26(34-8-13)24-14-9-39-11-15(24)12-40-10-14)37-22-6-20(27(37)35-19)36-28(38)16-2-1-3-23(25(16)22)41-29(31)32/h1-5,7-8,14-15,20,22,24,29H,6,9-12H2,(H,36,38)/t14?,15?,20-,22-,24?/m1/s1. The van der Waals surface area contributed by atoms with Crippen LogP contribution in [0.4, 0.5) is 13.2 Å². The Morgan fingerprint density at radius 2 is 1.76 bits per heavy atom. The number of alkyl halides is 2. The molecule has 210 valence electrons. The van der Waals surface area contributed by atoms with E-state index in [1.54, 1.807) is 24.5 Å². The number of carbonyl (C=O) groups excluding carboxylic acids is 1. The predicted molar refractivity (Wildman–Crippen MR) is 138 cm³/mol. The van der Waals surface area contributed by atoms with Crippen molar-refractivity contribution in [1.29, 1.82) is 0 Å². The summed E-state index contributed by atoms with van der Waals surface area (Å²) in [7, 11) is 0. The first kappa shape index (κ1) is 24.7. The number of hydrogen-bond donors (Lipinski definition) is 1. The monoisotopic (exact) mass is 563 g/mol. The van der Waals surface area contributed by atoms with E-state index in [0.717, 1.165) is 0 Å². The van der Waals surface area contributed by atoms with Gasteiger partial charge in [0.2, 0.25) is 0 Å². The molecule has 0 radical (unpaired) electrons. The van der Waals surface area contributed by atoms with Crippen LogP contribution in [0.25, 0.3) is 22.2 Å². The maximum Gasteiger partial charge on any atom is 0.387 e. The van der Waals surface area contributed by atoms with Crippen molar-refractivity contribution in [2.75, 3.05) is 26.4 Å². The highest BCUT2D eigenvalue weighted by atomic mass is 19.3. The number of hydrogen-bond acceptors (Lipinski definition) is 7. The Labute approximate surface area is 231 Å². The van der Waals surface area contributed by atoms with E-state index in [1.807, 2.05) is 4.57 Å². The van der Waals surface area contributed by atoms with Crippen molar-refractivity contribution in [1.82, 2.24) is 24.8 Å². The number of nitrogens with zero attached hydrogens (tertiary/aromatic N) is 4. The van der Waals surface area contributed by atoms with E-state index in [2.05, 4.69) is 20.3 Å². The summed E-state index contributed by atoms with van der Waals surface area (Å²) in [5, 5.41) is 2.94. The number of benzene rings is 2. The highest BCUT2D eigenvalue weighted by Crippen LogP contribution is 2.48. The van der Waals surface area contributed by atoms with Gasteiger partial charge in [-0.2, -0.15) is 8.78 Å². The SMILES string of the molecule is O=C1N[C@@H]2C[C@H](c3c(OC(F)F)cccc31)n1c2nc2cc(F)c(-c3cnc(C4C5COCC4COC5)nc3)cc21. The lowest BCUT2D eigenvalue weighted by molar-refractivity contribution is -0.106. The molecule has 2 fully saturated rings. The molecule has 1 amide bonds. The van der Waals surface area contributed by atoms with Gasteiger partial charge in [-0.3, -0.25) is 4.79 Å². The fourth-order valence-corrected chi connectivity index (χ4v) is 6.96. The van der Waals surface area contributed by atoms with Gasteiger partial charge in [0.15, 0.2) is 0 Å². The number of halogens is 3. The molecule has 1 N–H and O–H groups in total. The molecule has 6 heterocycles. The number of amides is 1. The summed E-state index contributed by atoms with van der Waals surface area (Å²) in [4.78, 5) is 26.9. The molecule has 0 spiro atoms. The number of nitrogens with one attached hydrogen (secondary N) is 1. The van der Waals surface area contributed by atoms with Crippen molar-refractivity contribution in [3.63, 3.8) is 0 Å². The van der Waals surface area contributed by atoms with Crippen molar-refractivity contribution in [3.8, 4) is 16.9 Å². The van der Waals surface area contributed by atoms with Crippen LogP contribution >= 0.6 is 0 Å². The highest BCUT2D eigenvalue weighted by molar-refractivity contribution is 5.98. The Hall–Kier alpha value is -4.03. The van der Waals surface area contributed by atoms with Crippen molar-refractivity contribution in [3.05, 3.63) is 71.3 Å². The van der Waals surface area contributed by atoms with Gasteiger partial charge in [0.25, 0.3) is 5.91 Å². The summed E-state index contributed by atoms with van der Waals surface area (Å²) < 4.78 is 60.2. The molecule has 4 aliphatic rings. The van der Waals surface area contributed by atoms with Crippen LogP contribution in [0.2, 0.25) is 0 Å². The summed E-state index contributed by atoms with van der Waals surface area (Å²) >= 11 is 0. The second kappa shape index (κ2) is 9.25. The van der Waals surface area contributed by atoms with Gasteiger partial charge >= 0.3 is 6.61 Å². The Morgan fingerprint density at radius 3 is 2.46 bits per heavy atom. The molecule has 0 aliphatic carbocycles. The van der Waals surface area contributed by atoms with E-state index in [4.69, 9.17) is 14.2 Å². The Morgan fingerprint density at radius 1 is 1.02 bits per heavy atom. The number of carbonyl (C=O) groups is 1. The summed E-state index contributed by atoms with van der Waals surface area (Å²) in [5.41, 5.74) is 2.42. The van der Waals surface area contributed by atoms with Crippen LogP contribution in [0.15, 0.2) is 42.7 Å². The zero-order valence-corrected chi connectivity index (χ0v) is 21.6. The molecular weight excluding hydrogens is 539 g/mol. The van der Waals surface area contributed by atoms with Gasteiger partial charge < -0.3 is 24.1 Å². The molecule has 2 atom stereocenters. The molecule has 4 aliphatic heterocycles. The third-order valence-corrected chi connectivity index (χ3v) is 8.68. The van der Waals surface area contributed by atoms with Gasteiger partial charge in [0.05, 0.1) is 49.5 Å². The Bertz CT molecular complexity index is 1670. The van der Waals surface area contributed by atoms with Crippen LogP contribution in [0.5, 0.6) is 5.75 Å². The van der Waals surface area contributed by atoms with E-state index < -0.39 is 30.4 Å². The highest BCUT2D eigenvalue weighted by Gasteiger charge is 2.43. The molecule has 0 saturated carbocycles. The fourth-order valence-electron chi connectivity index (χ4n) is 6.96. The average Bonchev–Trinajstić information content (AvgIpc) is 3.43. The minimum atomic E-state index is -3.05. The Balaban J connectivity index is 1.21. The maximum atomic E-state index is 15.5. The summed E-state index contributed by atoms with van der Waals surface area (Å²) in [5.74, 6) is 0.773. The molecular formula is C29H24F3N5O4. The van der Waals surface area contributed by atoms with Crippen LogP contribution in [0.1, 0.15) is 52.0 Å². The second-order valence-electron chi connectivity index (χ2n) is 11.0. The maximum absolute atomic E-state index is 15.5. The lowest BCUT2D eigenvalue weighted by atomic mass is 9.78. The number of fused-ring (bicyclic) bond motifs is 11. The largest absolute Gasteiger partial charge is 0.434 e. The molecule has 0 unspecified atom stereocenters. The van der Waals surface area contributed by atoms with Crippen molar-refractivity contribution >= 4 is 16.9 Å². The van der Waals surface area contributed by atoms with Crippen LogP contribution in [-0.2, 0) is 9.47 Å². The molecule has 41 heavy (non-hydrogen) atoms. The zero-order valence-electron chi connectivity index (χ0n) is 21.6. The number of rotatable bonds is 4. The normalized spacial score (nSPS) is 26.4. The molecule has 2 aromatic carbocycles. The van der Waals surface area contributed by atoms with Gasteiger partial charge in [-0.05, 0) is 24.6 Å².